The van der Waals surface area contributed by atoms with Crippen molar-refractivity contribution in [3.05, 3.63) is 16.1 Å². The number of thiazole rings is 1. The maximum atomic E-state index is 5.00. The first-order valence-electron chi connectivity index (χ1n) is 3.21. The lowest BCUT2D eigenvalue weighted by molar-refractivity contribution is 0.403. The molecule has 0 aromatic carbocycles. The number of hydrogen-bond acceptors (Lipinski definition) is 4. The second kappa shape index (κ2) is 3.48. The minimum Gasteiger partial charge on any atom is -0.479 e. The lowest BCUT2D eigenvalue weighted by Gasteiger charge is -1.96. The maximum Gasteiger partial charge on any atom is 0.245 e. The van der Waals surface area contributed by atoms with E-state index in [1.54, 1.807) is 14.2 Å². The second-order valence-electron chi connectivity index (χ2n) is 2.03. The number of rotatable bonds is 1. The largest absolute Gasteiger partial charge is 0.479 e. The van der Waals surface area contributed by atoms with E-state index in [0.29, 0.717) is 5.90 Å². The lowest BCUT2D eigenvalue weighted by Crippen LogP contribution is -2.02. The second-order valence-corrected chi connectivity index (χ2v) is 2.89. The molecule has 0 unspecified atom stereocenters. The molecular formula is C7H10N2OS. The Balaban J connectivity index is 2.91. The minimum absolute atomic E-state index is 0.600. The van der Waals surface area contributed by atoms with Gasteiger partial charge in [0, 0.05) is 18.1 Å². The van der Waals surface area contributed by atoms with Gasteiger partial charge in [0.25, 0.3) is 0 Å². The Hall–Kier alpha value is -0.900. The number of methoxy groups -OCH3 is 1. The van der Waals surface area contributed by atoms with E-state index >= 15 is 0 Å². The fourth-order valence-corrected chi connectivity index (χ4v) is 1.53. The van der Waals surface area contributed by atoms with Crippen LogP contribution in [0.3, 0.4) is 0 Å². The quantitative estimate of drug-likeness (QED) is 0.472. The third-order valence-electron chi connectivity index (χ3n) is 1.20. The molecule has 60 valence electrons. The average Bonchev–Trinajstić information content (AvgIpc) is 2.39. The molecule has 0 aliphatic rings. The molecule has 0 spiro atoms. The third-order valence-corrected chi connectivity index (χ3v) is 2.15. The van der Waals surface area contributed by atoms with Gasteiger partial charge in [0.05, 0.1) is 7.11 Å². The van der Waals surface area contributed by atoms with Crippen molar-refractivity contribution in [3.63, 3.8) is 0 Å². The molecule has 0 atom stereocenters. The van der Waals surface area contributed by atoms with E-state index in [0.717, 1.165) is 10.7 Å². The number of ether oxygens (including phenoxy) is 1. The number of aliphatic imine (C=N–C) groups is 1. The molecule has 1 aromatic rings. The Morgan fingerprint density at radius 3 is 2.82 bits per heavy atom. The van der Waals surface area contributed by atoms with Gasteiger partial charge in [-0.2, -0.15) is 0 Å². The van der Waals surface area contributed by atoms with Gasteiger partial charge in [0.1, 0.15) is 0 Å². The van der Waals surface area contributed by atoms with Crippen molar-refractivity contribution >= 4 is 17.2 Å². The van der Waals surface area contributed by atoms with E-state index in [1.165, 1.54) is 11.3 Å². The zero-order valence-electron chi connectivity index (χ0n) is 6.79. The van der Waals surface area contributed by atoms with Crippen LogP contribution < -0.4 is 0 Å². The molecule has 1 rings (SSSR count). The molecule has 0 N–H and O–H groups in total. The van der Waals surface area contributed by atoms with Crippen LogP contribution in [0.5, 0.6) is 0 Å². The van der Waals surface area contributed by atoms with Gasteiger partial charge in [0.15, 0.2) is 5.01 Å². The first-order chi connectivity index (χ1) is 5.27. The average molecular weight is 170 g/mol. The zero-order chi connectivity index (χ0) is 8.27. The van der Waals surface area contributed by atoms with Crippen molar-refractivity contribution in [2.45, 2.75) is 6.92 Å². The fourth-order valence-electron chi connectivity index (χ4n) is 0.726. The highest BCUT2D eigenvalue weighted by Crippen LogP contribution is 2.09. The highest BCUT2D eigenvalue weighted by molar-refractivity contribution is 7.11. The summed E-state index contributed by atoms with van der Waals surface area (Å²) in [6.07, 6.45) is 0. The SMILES string of the molecule is CN=C(OC)c1nc(C)cs1. The van der Waals surface area contributed by atoms with Crippen molar-refractivity contribution in [1.29, 1.82) is 0 Å². The molecule has 0 aliphatic heterocycles. The summed E-state index contributed by atoms with van der Waals surface area (Å²) in [7, 11) is 3.29. The van der Waals surface area contributed by atoms with E-state index < -0.39 is 0 Å². The van der Waals surface area contributed by atoms with E-state index in [1.807, 2.05) is 12.3 Å². The Morgan fingerprint density at radius 2 is 2.45 bits per heavy atom. The summed E-state index contributed by atoms with van der Waals surface area (Å²) < 4.78 is 5.00. The molecule has 11 heavy (non-hydrogen) atoms. The predicted molar refractivity (Wildman–Crippen MR) is 46.3 cm³/mol. The van der Waals surface area contributed by atoms with E-state index in [-0.39, 0.29) is 0 Å². The van der Waals surface area contributed by atoms with Crippen molar-refractivity contribution in [2.75, 3.05) is 14.2 Å². The fraction of sp³-hybridized carbons (Fsp3) is 0.429. The first kappa shape index (κ1) is 8.20. The lowest BCUT2D eigenvalue weighted by atomic mass is 10.6. The highest BCUT2D eigenvalue weighted by Gasteiger charge is 2.05. The van der Waals surface area contributed by atoms with Gasteiger partial charge in [-0.15, -0.1) is 11.3 Å². The molecule has 0 amide bonds. The van der Waals surface area contributed by atoms with Gasteiger partial charge < -0.3 is 4.74 Å². The zero-order valence-corrected chi connectivity index (χ0v) is 7.60. The molecule has 4 heteroatoms. The molecule has 0 saturated carbocycles. The van der Waals surface area contributed by atoms with E-state index in [2.05, 4.69) is 9.98 Å². The van der Waals surface area contributed by atoms with Crippen LogP contribution in [-0.2, 0) is 4.74 Å². The molecule has 1 aromatic heterocycles. The summed E-state index contributed by atoms with van der Waals surface area (Å²) in [6, 6.07) is 0. The monoisotopic (exact) mass is 170 g/mol. The number of nitrogens with zero attached hydrogens (tertiary/aromatic N) is 2. The normalized spacial score (nSPS) is 11.7. The van der Waals surface area contributed by atoms with Crippen molar-refractivity contribution in [3.8, 4) is 0 Å². The van der Waals surface area contributed by atoms with E-state index in [9.17, 15) is 0 Å². The van der Waals surface area contributed by atoms with Gasteiger partial charge in [-0.25, -0.2) is 4.98 Å². The molecule has 0 fully saturated rings. The molecule has 0 saturated heterocycles. The third kappa shape index (κ3) is 1.77. The topological polar surface area (TPSA) is 34.5 Å². The predicted octanol–water partition coefficient (Wildman–Crippen LogP) is 1.47. The molecule has 0 aliphatic carbocycles. The maximum absolute atomic E-state index is 5.00. The van der Waals surface area contributed by atoms with Crippen molar-refractivity contribution in [2.24, 2.45) is 4.99 Å². The van der Waals surface area contributed by atoms with Crippen molar-refractivity contribution < 1.29 is 4.74 Å². The van der Waals surface area contributed by atoms with Crippen molar-refractivity contribution in [1.82, 2.24) is 4.98 Å². The Bertz CT molecular complexity index is 267. The standard InChI is InChI=1S/C7H10N2OS/c1-5-4-11-7(9-5)6(8-2)10-3/h4H,1-3H3. The van der Waals surface area contributed by atoms with E-state index in [4.69, 9.17) is 4.74 Å². The summed E-state index contributed by atoms with van der Waals surface area (Å²) in [4.78, 5) is 8.15. The number of aryl methyl sites for hydroxylation is 1. The Labute approximate surface area is 69.8 Å². The Kier molecular flexibility index (Phi) is 2.59. The molecule has 0 bridgehead atoms. The van der Waals surface area contributed by atoms with Crippen LogP contribution in [0.15, 0.2) is 10.4 Å². The van der Waals surface area contributed by atoms with Crippen LogP contribution in [0, 0.1) is 6.92 Å². The van der Waals surface area contributed by atoms with Crippen LogP contribution in [0.25, 0.3) is 0 Å². The van der Waals surface area contributed by atoms with Crippen LogP contribution in [0.4, 0.5) is 0 Å². The smallest absolute Gasteiger partial charge is 0.245 e. The summed E-state index contributed by atoms with van der Waals surface area (Å²) in [5, 5.41) is 2.81. The molecular weight excluding hydrogens is 160 g/mol. The summed E-state index contributed by atoms with van der Waals surface area (Å²) in [6.45, 7) is 1.95. The van der Waals surface area contributed by atoms with Crippen LogP contribution >= 0.6 is 11.3 Å². The van der Waals surface area contributed by atoms with Crippen LogP contribution in [-0.4, -0.2) is 25.0 Å². The van der Waals surface area contributed by atoms with Gasteiger partial charge in [-0.3, -0.25) is 4.99 Å². The van der Waals surface area contributed by atoms with Crippen LogP contribution in [0.1, 0.15) is 10.7 Å². The van der Waals surface area contributed by atoms with Gasteiger partial charge in [-0.05, 0) is 6.92 Å². The number of hydrogen-bond donors (Lipinski definition) is 0. The molecule has 1 heterocycles. The molecule has 3 nitrogen and oxygen atoms in total. The first-order valence-corrected chi connectivity index (χ1v) is 4.09. The summed E-state index contributed by atoms with van der Waals surface area (Å²) in [5.74, 6) is 0.600. The van der Waals surface area contributed by atoms with Gasteiger partial charge in [-0.1, -0.05) is 0 Å². The van der Waals surface area contributed by atoms with Gasteiger partial charge >= 0.3 is 0 Å². The van der Waals surface area contributed by atoms with Gasteiger partial charge in [0.2, 0.25) is 5.90 Å². The Morgan fingerprint density at radius 1 is 1.73 bits per heavy atom. The van der Waals surface area contributed by atoms with Crippen LogP contribution in [0.2, 0.25) is 0 Å². The summed E-state index contributed by atoms with van der Waals surface area (Å²) in [5.41, 5.74) is 1.00. The summed E-state index contributed by atoms with van der Waals surface area (Å²) >= 11 is 1.54. The highest BCUT2D eigenvalue weighted by atomic mass is 32.1. The number of aromatic nitrogens is 1. The minimum atomic E-state index is 0.600. The molecule has 0 radical (unpaired) electrons.